The fourth-order valence-electron chi connectivity index (χ4n) is 2.12. The van der Waals surface area contributed by atoms with Gasteiger partial charge in [0, 0.05) is 13.0 Å². The van der Waals surface area contributed by atoms with Crippen molar-refractivity contribution in [2.75, 3.05) is 13.2 Å². The summed E-state index contributed by atoms with van der Waals surface area (Å²) in [6, 6.07) is 0. The average Bonchev–Trinajstić information content (AvgIpc) is 2.45. The van der Waals surface area contributed by atoms with Crippen LogP contribution in [0.1, 0.15) is 71.1 Å². The Balaban J connectivity index is 3.08. The molecule has 0 aliphatic carbocycles. The number of carboxylic acid groups (broad SMARTS) is 1. The minimum absolute atomic E-state index is 0.145. The molecule has 0 rings (SSSR count). The van der Waals surface area contributed by atoms with Gasteiger partial charge in [-0.15, -0.1) is 6.58 Å². The van der Waals surface area contributed by atoms with Gasteiger partial charge < -0.3 is 14.6 Å². The van der Waals surface area contributed by atoms with Gasteiger partial charge in [0.25, 0.3) is 0 Å². The van der Waals surface area contributed by atoms with Crippen LogP contribution >= 0.6 is 0 Å². The van der Waals surface area contributed by atoms with Crippen molar-refractivity contribution in [1.82, 2.24) is 0 Å². The van der Waals surface area contributed by atoms with Crippen LogP contribution in [0.25, 0.3) is 0 Å². The van der Waals surface area contributed by atoms with E-state index >= 15 is 0 Å². The van der Waals surface area contributed by atoms with Gasteiger partial charge >= 0.3 is 5.97 Å². The van der Waals surface area contributed by atoms with Gasteiger partial charge in [0.2, 0.25) is 0 Å². The quantitative estimate of drug-likeness (QED) is 0.258. The van der Waals surface area contributed by atoms with Gasteiger partial charge in [-0.2, -0.15) is 0 Å². The minimum Gasteiger partial charge on any atom is -0.481 e. The molecule has 0 amide bonds. The van der Waals surface area contributed by atoms with E-state index < -0.39 is 5.97 Å². The molecule has 124 valence electrons. The first kappa shape index (κ1) is 20.1. The second kappa shape index (κ2) is 15.5. The minimum atomic E-state index is -0.679. The van der Waals surface area contributed by atoms with Crippen LogP contribution in [-0.4, -0.2) is 30.6 Å². The summed E-state index contributed by atoms with van der Waals surface area (Å²) in [6.07, 6.45) is 12.2. The molecule has 0 saturated heterocycles. The fourth-order valence-corrected chi connectivity index (χ4v) is 2.12. The fraction of sp³-hybridized carbons (Fsp3) is 0.824. The van der Waals surface area contributed by atoms with Crippen LogP contribution in [0.5, 0.6) is 0 Å². The zero-order valence-electron chi connectivity index (χ0n) is 13.5. The summed E-state index contributed by atoms with van der Waals surface area (Å²) in [5, 5.41) is 8.51. The predicted octanol–water partition coefficient (Wildman–Crippen LogP) is 4.54. The number of hydrogen-bond donors (Lipinski definition) is 1. The molecule has 0 heterocycles. The normalized spacial score (nSPS) is 12.2. The number of ether oxygens (including phenoxy) is 2. The molecule has 0 radical (unpaired) electrons. The Labute approximate surface area is 129 Å². The molecule has 0 saturated carbocycles. The lowest BCUT2D eigenvalue weighted by atomic mass is 10.1. The highest BCUT2D eigenvalue weighted by Gasteiger charge is 2.00. The molecular formula is C17H32O4. The van der Waals surface area contributed by atoms with Gasteiger partial charge in [-0.25, -0.2) is 0 Å². The molecule has 0 aliphatic rings. The maximum atomic E-state index is 10.3. The Kier molecular flexibility index (Phi) is 14.9. The van der Waals surface area contributed by atoms with Crippen molar-refractivity contribution in [3.05, 3.63) is 12.7 Å². The van der Waals surface area contributed by atoms with Crippen LogP contribution in [-0.2, 0) is 14.3 Å². The summed E-state index contributed by atoms with van der Waals surface area (Å²) < 4.78 is 10.8. The van der Waals surface area contributed by atoms with E-state index in [2.05, 4.69) is 6.58 Å². The van der Waals surface area contributed by atoms with E-state index in [1.165, 1.54) is 32.1 Å². The molecule has 0 aromatic heterocycles. The maximum absolute atomic E-state index is 10.3. The molecular weight excluding hydrogens is 268 g/mol. The standard InChI is InChI=1S/C17H32O4/c1-3-14-20-16(2)21-15-12-10-8-6-4-5-7-9-11-13-17(18)19/h3,16H,1,4-15H2,2H3,(H,18,19). The lowest BCUT2D eigenvalue weighted by molar-refractivity contribution is -0.137. The van der Waals surface area contributed by atoms with Crippen molar-refractivity contribution < 1.29 is 19.4 Å². The molecule has 21 heavy (non-hydrogen) atoms. The van der Waals surface area contributed by atoms with Crippen LogP contribution in [0.4, 0.5) is 0 Å². The Hall–Kier alpha value is -0.870. The highest BCUT2D eigenvalue weighted by Crippen LogP contribution is 2.10. The summed E-state index contributed by atoms with van der Waals surface area (Å²) in [6.45, 7) is 6.80. The SMILES string of the molecule is C=CCOC(C)OCCCCCCCCCCCC(=O)O. The maximum Gasteiger partial charge on any atom is 0.303 e. The first-order chi connectivity index (χ1) is 10.2. The van der Waals surface area contributed by atoms with E-state index in [1.807, 2.05) is 6.92 Å². The number of hydrogen-bond acceptors (Lipinski definition) is 3. The molecule has 1 unspecified atom stereocenters. The first-order valence-electron chi connectivity index (χ1n) is 8.22. The van der Waals surface area contributed by atoms with Gasteiger partial charge in [-0.3, -0.25) is 4.79 Å². The van der Waals surface area contributed by atoms with Crippen molar-refractivity contribution in [3.63, 3.8) is 0 Å². The molecule has 0 aliphatic heterocycles. The molecule has 0 aromatic rings. The first-order valence-corrected chi connectivity index (χ1v) is 8.22. The third-order valence-electron chi connectivity index (χ3n) is 3.34. The largest absolute Gasteiger partial charge is 0.481 e. The van der Waals surface area contributed by atoms with Crippen molar-refractivity contribution in [1.29, 1.82) is 0 Å². The number of rotatable bonds is 16. The number of carboxylic acids is 1. The van der Waals surface area contributed by atoms with Crippen molar-refractivity contribution in [2.24, 2.45) is 0 Å². The summed E-state index contributed by atoms with van der Waals surface area (Å²) >= 11 is 0. The van der Waals surface area contributed by atoms with E-state index in [4.69, 9.17) is 14.6 Å². The molecule has 0 spiro atoms. The zero-order valence-corrected chi connectivity index (χ0v) is 13.5. The molecule has 0 fully saturated rings. The third-order valence-corrected chi connectivity index (χ3v) is 3.34. The van der Waals surface area contributed by atoms with E-state index in [0.717, 1.165) is 32.3 Å². The van der Waals surface area contributed by atoms with Gasteiger partial charge in [-0.05, 0) is 19.8 Å². The van der Waals surface area contributed by atoms with E-state index in [-0.39, 0.29) is 6.29 Å². The second-order valence-corrected chi connectivity index (χ2v) is 5.39. The molecule has 1 atom stereocenters. The third kappa shape index (κ3) is 17.1. The summed E-state index contributed by atoms with van der Waals surface area (Å²) in [5.74, 6) is -0.679. The Morgan fingerprint density at radius 1 is 1.00 bits per heavy atom. The van der Waals surface area contributed by atoms with Crippen LogP contribution in [0.2, 0.25) is 0 Å². The molecule has 4 nitrogen and oxygen atoms in total. The zero-order chi connectivity index (χ0) is 15.8. The monoisotopic (exact) mass is 300 g/mol. The van der Waals surface area contributed by atoms with E-state index in [9.17, 15) is 4.79 Å². The van der Waals surface area contributed by atoms with Crippen LogP contribution in [0.3, 0.4) is 0 Å². The van der Waals surface area contributed by atoms with Crippen LogP contribution in [0.15, 0.2) is 12.7 Å². The topological polar surface area (TPSA) is 55.8 Å². The highest BCUT2D eigenvalue weighted by atomic mass is 16.7. The summed E-state index contributed by atoms with van der Waals surface area (Å²) in [7, 11) is 0. The van der Waals surface area contributed by atoms with Crippen molar-refractivity contribution in [2.45, 2.75) is 77.4 Å². The lowest BCUT2D eigenvalue weighted by Gasteiger charge is -2.12. The second-order valence-electron chi connectivity index (χ2n) is 5.39. The lowest BCUT2D eigenvalue weighted by Crippen LogP contribution is -2.13. The number of unbranched alkanes of at least 4 members (excludes halogenated alkanes) is 8. The average molecular weight is 300 g/mol. The predicted molar refractivity (Wildman–Crippen MR) is 85.4 cm³/mol. The summed E-state index contributed by atoms with van der Waals surface area (Å²) in [5.41, 5.74) is 0. The van der Waals surface area contributed by atoms with Gasteiger partial charge in [0.1, 0.15) is 0 Å². The Bertz CT molecular complexity index is 253. The van der Waals surface area contributed by atoms with Gasteiger partial charge in [-0.1, -0.05) is 51.0 Å². The van der Waals surface area contributed by atoms with Crippen molar-refractivity contribution >= 4 is 5.97 Å². The summed E-state index contributed by atoms with van der Waals surface area (Å²) in [4.78, 5) is 10.3. The number of carbonyl (C=O) groups is 1. The number of aliphatic carboxylic acids is 1. The molecule has 0 bridgehead atoms. The smallest absolute Gasteiger partial charge is 0.303 e. The van der Waals surface area contributed by atoms with Gasteiger partial charge in [0.05, 0.1) is 6.61 Å². The highest BCUT2D eigenvalue weighted by molar-refractivity contribution is 5.66. The van der Waals surface area contributed by atoms with E-state index in [1.54, 1.807) is 6.08 Å². The molecule has 1 N–H and O–H groups in total. The van der Waals surface area contributed by atoms with Gasteiger partial charge in [0.15, 0.2) is 6.29 Å². The van der Waals surface area contributed by atoms with Crippen LogP contribution in [0, 0.1) is 0 Å². The Morgan fingerprint density at radius 3 is 2.05 bits per heavy atom. The Morgan fingerprint density at radius 2 is 1.52 bits per heavy atom. The van der Waals surface area contributed by atoms with E-state index in [0.29, 0.717) is 13.0 Å². The van der Waals surface area contributed by atoms with Crippen LogP contribution < -0.4 is 0 Å². The molecule has 4 heteroatoms. The van der Waals surface area contributed by atoms with Crippen molar-refractivity contribution in [3.8, 4) is 0 Å². The molecule has 0 aromatic carbocycles.